The first kappa shape index (κ1) is 14.7. The van der Waals surface area contributed by atoms with Crippen LogP contribution in [0.25, 0.3) is 0 Å². The van der Waals surface area contributed by atoms with E-state index in [1.54, 1.807) is 6.92 Å². The molecular weight excluding hydrogens is 230 g/mol. The molecule has 18 heavy (non-hydrogen) atoms. The molecule has 0 aliphatic rings. The maximum absolute atomic E-state index is 9.31. The molecule has 0 spiro atoms. The van der Waals surface area contributed by atoms with E-state index in [4.69, 9.17) is 5.84 Å². The van der Waals surface area contributed by atoms with Crippen molar-refractivity contribution in [3.05, 3.63) is 11.4 Å². The summed E-state index contributed by atoms with van der Waals surface area (Å²) in [6.45, 7) is 10.1. The smallest absolute Gasteiger partial charge is 0.148 e. The van der Waals surface area contributed by atoms with Crippen LogP contribution < -0.4 is 16.6 Å². The standard InChI is InChI=1S/C12H23N5O/c1-7(18)6-14-9-8(2)10(17-13)16-11(15-9)12(3,4)5/h7,18H,6,13H2,1-5H3,(H2,14,15,16,17). The second-order valence-electron chi connectivity index (χ2n) is 5.49. The summed E-state index contributed by atoms with van der Waals surface area (Å²) >= 11 is 0. The SMILES string of the molecule is Cc1c(NN)nc(C(C)(C)C)nc1NCC(C)O. The van der Waals surface area contributed by atoms with Crippen molar-refractivity contribution in [2.45, 2.75) is 46.1 Å². The largest absolute Gasteiger partial charge is 0.392 e. The van der Waals surface area contributed by atoms with Crippen LogP contribution in [0.5, 0.6) is 0 Å². The molecule has 102 valence electrons. The van der Waals surface area contributed by atoms with Gasteiger partial charge in [0.15, 0.2) is 0 Å². The fraction of sp³-hybridized carbons (Fsp3) is 0.667. The summed E-state index contributed by atoms with van der Waals surface area (Å²) in [7, 11) is 0. The first-order valence-corrected chi connectivity index (χ1v) is 6.03. The number of rotatable bonds is 4. The van der Waals surface area contributed by atoms with Crippen LogP contribution in [-0.4, -0.2) is 27.7 Å². The Bertz CT molecular complexity index is 412. The Balaban J connectivity index is 3.15. The molecule has 1 unspecified atom stereocenters. The predicted molar refractivity (Wildman–Crippen MR) is 73.4 cm³/mol. The third kappa shape index (κ3) is 3.54. The molecule has 0 saturated carbocycles. The minimum atomic E-state index is -0.438. The number of nitrogens with two attached hydrogens (primary N) is 1. The molecule has 1 aromatic heterocycles. The van der Waals surface area contributed by atoms with Crippen LogP contribution in [0.2, 0.25) is 0 Å². The normalized spacial score (nSPS) is 13.3. The van der Waals surface area contributed by atoms with Gasteiger partial charge >= 0.3 is 0 Å². The fourth-order valence-corrected chi connectivity index (χ4v) is 1.41. The number of hydrazine groups is 1. The van der Waals surface area contributed by atoms with Gasteiger partial charge in [-0.2, -0.15) is 0 Å². The molecule has 0 bridgehead atoms. The summed E-state index contributed by atoms with van der Waals surface area (Å²) in [6, 6.07) is 0. The maximum atomic E-state index is 9.31. The van der Waals surface area contributed by atoms with Crippen LogP contribution in [0.4, 0.5) is 11.6 Å². The molecule has 0 aliphatic carbocycles. The molecular formula is C12H23N5O. The number of aliphatic hydroxyl groups excluding tert-OH is 1. The molecule has 0 aliphatic heterocycles. The van der Waals surface area contributed by atoms with E-state index in [0.717, 1.165) is 5.56 Å². The van der Waals surface area contributed by atoms with Gasteiger partial charge in [-0.25, -0.2) is 15.8 Å². The minimum absolute atomic E-state index is 0.166. The number of aliphatic hydroxyl groups is 1. The average Bonchev–Trinajstić information content (AvgIpc) is 2.26. The van der Waals surface area contributed by atoms with E-state index in [0.29, 0.717) is 24.0 Å². The third-order valence-electron chi connectivity index (χ3n) is 2.52. The highest BCUT2D eigenvalue weighted by molar-refractivity contribution is 5.57. The molecule has 0 aromatic carbocycles. The van der Waals surface area contributed by atoms with E-state index < -0.39 is 6.10 Å². The minimum Gasteiger partial charge on any atom is -0.392 e. The van der Waals surface area contributed by atoms with Gasteiger partial charge in [0, 0.05) is 17.5 Å². The summed E-state index contributed by atoms with van der Waals surface area (Å²) < 4.78 is 0. The number of anilines is 2. The second kappa shape index (κ2) is 5.49. The van der Waals surface area contributed by atoms with Crippen molar-refractivity contribution in [3.8, 4) is 0 Å². The quantitative estimate of drug-likeness (QED) is 0.475. The van der Waals surface area contributed by atoms with Crippen molar-refractivity contribution in [1.29, 1.82) is 0 Å². The highest BCUT2D eigenvalue weighted by Gasteiger charge is 2.21. The van der Waals surface area contributed by atoms with Crippen molar-refractivity contribution in [2.75, 3.05) is 17.3 Å². The molecule has 1 heterocycles. The van der Waals surface area contributed by atoms with Crippen molar-refractivity contribution in [3.63, 3.8) is 0 Å². The number of hydrogen-bond donors (Lipinski definition) is 4. The second-order valence-corrected chi connectivity index (χ2v) is 5.49. The topological polar surface area (TPSA) is 96.1 Å². The van der Waals surface area contributed by atoms with E-state index in [2.05, 4.69) is 20.7 Å². The maximum Gasteiger partial charge on any atom is 0.148 e. The molecule has 6 nitrogen and oxygen atoms in total. The van der Waals surface area contributed by atoms with Gasteiger partial charge in [-0.1, -0.05) is 20.8 Å². The van der Waals surface area contributed by atoms with Crippen LogP contribution in [0.3, 0.4) is 0 Å². The third-order valence-corrected chi connectivity index (χ3v) is 2.52. The van der Waals surface area contributed by atoms with Crippen LogP contribution in [0, 0.1) is 6.92 Å². The molecule has 1 aromatic rings. The average molecular weight is 253 g/mol. The summed E-state index contributed by atoms with van der Waals surface area (Å²) in [5.74, 6) is 7.47. The Morgan fingerprint density at radius 1 is 1.28 bits per heavy atom. The number of hydrogen-bond acceptors (Lipinski definition) is 6. The molecule has 1 rings (SSSR count). The van der Waals surface area contributed by atoms with Crippen molar-refractivity contribution < 1.29 is 5.11 Å². The van der Waals surface area contributed by atoms with E-state index in [1.807, 2.05) is 27.7 Å². The monoisotopic (exact) mass is 253 g/mol. The zero-order chi connectivity index (χ0) is 13.9. The van der Waals surface area contributed by atoms with E-state index in [1.165, 1.54) is 0 Å². The highest BCUT2D eigenvalue weighted by Crippen LogP contribution is 2.25. The molecule has 0 amide bonds. The Morgan fingerprint density at radius 2 is 1.83 bits per heavy atom. The first-order valence-electron chi connectivity index (χ1n) is 6.03. The summed E-state index contributed by atoms with van der Waals surface area (Å²) in [6.07, 6.45) is -0.438. The Labute approximate surface area is 108 Å². The molecule has 0 radical (unpaired) electrons. The predicted octanol–water partition coefficient (Wildman–Crippen LogP) is 1.16. The van der Waals surface area contributed by atoms with E-state index in [-0.39, 0.29) is 5.41 Å². The Morgan fingerprint density at radius 3 is 2.28 bits per heavy atom. The Hall–Kier alpha value is -1.40. The van der Waals surface area contributed by atoms with Crippen LogP contribution >= 0.6 is 0 Å². The number of nitrogen functional groups attached to an aromatic ring is 1. The van der Waals surface area contributed by atoms with Gasteiger partial charge in [-0.15, -0.1) is 0 Å². The number of nitrogens with zero attached hydrogens (tertiary/aromatic N) is 2. The van der Waals surface area contributed by atoms with Crippen LogP contribution in [0.1, 0.15) is 39.1 Å². The highest BCUT2D eigenvalue weighted by atomic mass is 16.3. The van der Waals surface area contributed by atoms with Crippen molar-refractivity contribution in [2.24, 2.45) is 5.84 Å². The van der Waals surface area contributed by atoms with Crippen LogP contribution in [-0.2, 0) is 5.41 Å². The number of aromatic nitrogens is 2. The lowest BCUT2D eigenvalue weighted by molar-refractivity contribution is 0.208. The lowest BCUT2D eigenvalue weighted by Crippen LogP contribution is -2.23. The lowest BCUT2D eigenvalue weighted by Gasteiger charge is -2.21. The van der Waals surface area contributed by atoms with E-state index >= 15 is 0 Å². The van der Waals surface area contributed by atoms with Crippen molar-refractivity contribution in [1.82, 2.24) is 9.97 Å². The Kier molecular flexibility index (Phi) is 4.48. The summed E-state index contributed by atoms with van der Waals surface area (Å²) in [5.41, 5.74) is 3.26. The molecule has 6 heteroatoms. The summed E-state index contributed by atoms with van der Waals surface area (Å²) in [4.78, 5) is 8.90. The van der Waals surface area contributed by atoms with Crippen molar-refractivity contribution >= 4 is 11.6 Å². The molecule has 0 saturated heterocycles. The zero-order valence-electron chi connectivity index (χ0n) is 11.7. The zero-order valence-corrected chi connectivity index (χ0v) is 11.7. The molecule has 5 N–H and O–H groups in total. The van der Waals surface area contributed by atoms with E-state index in [9.17, 15) is 5.11 Å². The van der Waals surface area contributed by atoms with Crippen LogP contribution in [0.15, 0.2) is 0 Å². The molecule has 1 atom stereocenters. The van der Waals surface area contributed by atoms with Gasteiger partial charge in [0.1, 0.15) is 17.5 Å². The van der Waals surface area contributed by atoms with Gasteiger partial charge in [0.05, 0.1) is 6.10 Å². The summed E-state index contributed by atoms with van der Waals surface area (Å²) in [5, 5.41) is 12.4. The molecule has 0 fully saturated rings. The number of nitrogens with one attached hydrogen (secondary N) is 2. The first-order chi connectivity index (χ1) is 8.25. The lowest BCUT2D eigenvalue weighted by atomic mass is 9.95. The van der Waals surface area contributed by atoms with Gasteiger partial charge in [0.2, 0.25) is 0 Å². The van der Waals surface area contributed by atoms with Gasteiger partial charge in [0.25, 0.3) is 0 Å². The van der Waals surface area contributed by atoms with Gasteiger partial charge < -0.3 is 15.8 Å². The fourth-order valence-electron chi connectivity index (χ4n) is 1.41. The van der Waals surface area contributed by atoms with Gasteiger partial charge in [-0.05, 0) is 13.8 Å². The van der Waals surface area contributed by atoms with Gasteiger partial charge in [-0.3, -0.25) is 0 Å².